The number of hydrogen-bond acceptors (Lipinski definition) is 6. The summed E-state index contributed by atoms with van der Waals surface area (Å²) in [6, 6.07) is 13.2. The van der Waals surface area contributed by atoms with Gasteiger partial charge in [-0.25, -0.2) is 0 Å². The Labute approximate surface area is 161 Å². The molecule has 8 nitrogen and oxygen atoms in total. The van der Waals surface area contributed by atoms with Crippen LogP contribution in [-0.4, -0.2) is 44.0 Å². The van der Waals surface area contributed by atoms with Crippen LogP contribution in [0.2, 0.25) is 0 Å². The second kappa shape index (κ2) is 9.86. The van der Waals surface area contributed by atoms with E-state index < -0.39 is 36.8 Å². The third-order valence-corrected chi connectivity index (χ3v) is 3.68. The number of hydrogen-bond donors (Lipinski definition) is 2. The van der Waals surface area contributed by atoms with Gasteiger partial charge in [-0.15, -0.1) is 0 Å². The average molecular weight is 384 g/mol. The second-order valence-electron chi connectivity index (χ2n) is 5.79. The summed E-state index contributed by atoms with van der Waals surface area (Å²) in [7, 11) is 1.40. The minimum absolute atomic E-state index is 0.176. The summed E-state index contributed by atoms with van der Waals surface area (Å²) < 4.78 is 9.80. The topological polar surface area (TPSA) is 111 Å². The Kier molecular flexibility index (Phi) is 7.27. The van der Waals surface area contributed by atoms with E-state index in [1.54, 1.807) is 42.5 Å². The van der Waals surface area contributed by atoms with Crippen LogP contribution in [-0.2, 0) is 14.3 Å². The highest BCUT2D eigenvalue weighted by Gasteiger charge is 2.16. The highest BCUT2D eigenvalue weighted by atomic mass is 16.5. The van der Waals surface area contributed by atoms with Gasteiger partial charge in [-0.3, -0.25) is 24.5 Å². The van der Waals surface area contributed by atoms with E-state index in [9.17, 15) is 19.2 Å². The van der Waals surface area contributed by atoms with Crippen LogP contribution in [0.5, 0.6) is 5.75 Å². The van der Waals surface area contributed by atoms with Crippen molar-refractivity contribution in [2.75, 3.05) is 20.3 Å². The van der Waals surface area contributed by atoms with Gasteiger partial charge in [0.25, 0.3) is 17.7 Å². The molecule has 8 heteroatoms. The summed E-state index contributed by atoms with van der Waals surface area (Å²) in [5.74, 6) is -2.41. The zero-order chi connectivity index (χ0) is 20.5. The monoisotopic (exact) mass is 384 g/mol. The Hall–Kier alpha value is -3.68. The number of para-hydroxylation sites is 1. The summed E-state index contributed by atoms with van der Waals surface area (Å²) in [5.41, 5.74) is 1.58. The second-order valence-corrected chi connectivity index (χ2v) is 5.79. The first-order valence-electron chi connectivity index (χ1n) is 8.38. The van der Waals surface area contributed by atoms with Gasteiger partial charge in [-0.1, -0.05) is 29.8 Å². The molecule has 28 heavy (non-hydrogen) atoms. The maximum atomic E-state index is 12.1. The summed E-state index contributed by atoms with van der Waals surface area (Å²) in [5, 5.41) is 4.49. The minimum atomic E-state index is -0.805. The van der Waals surface area contributed by atoms with E-state index in [1.165, 1.54) is 13.2 Å². The van der Waals surface area contributed by atoms with Crippen molar-refractivity contribution in [3.63, 3.8) is 0 Å². The number of amides is 3. The first-order valence-corrected chi connectivity index (χ1v) is 8.38. The van der Waals surface area contributed by atoms with Crippen LogP contribution in [0.1, 0.15) is 26.3 Å². The predicted molar refractivity (Wildman–Crippen MR) is 99.9 cm³/mol. The molecule has 0 spiro atoms. The number of imide groups is 1. The Morgan fingerprint density at radius 1 is 0.929 bits per heavy atom. The molecule has 2 N–H and O–H groups in total. The lowest BCUT2D eigenvalue weighted by Crippen LogP contribution is -2.36. The lowest BCUT2D eigenvalue weighted by Gasteiger charge is -2.09. The maximum Gasteiger partial charge on any atom is 0.325 e. The largest absolute Gasteiger partial charge is 0.496 e. The molecule has 2 rings (SSSR count). The van der Waals surface area contributed by atoms with Gasteiger partial charge in [0.05, 0.1) is 12.7 Å². The van der Waals surface area contributed by atoms with E-state index in [1.807, 2.05) is 6.92 Å². The number of rotatable bonds is 7. The molecule has 0 atom stereocenters. The van der Waals surface area contributed by atoms with Crippen molar-refractivity contribution in [1.82, 2.24) is 10.6 Å². The molecular weight excluding hydrogens is 364 g/mol. The number of benzene rings is 2. The van der Waals surface area contributed by atoms with Crippen molar-refractivity contribution in [2.45, 2.75) is 6.92 Å². The Morgan fingerprint density at radius 3 is 2.29 bits per heavy atom. The quantitative estimate of drug-likeness (QED) is 0.695. The van der Waals surface area contributed by atoms with Crippen molar-refractivity contribution in [2.24, 2.45) is 0 Å². The molecule has 0 saturated heterocycles. The normalized spacial score (nSPS) is 9.93. The fourth-order valence-electron chi connectivity index (χ4n) is 2.22. The number of esters is 1. The first kappa shape index (κ1) is 20.6. The van der Waals surface area contributed by atoms with E-state index in [0.29, 0.717) is 11.3 Å². The Balaban J connectivity index is 1.76. The summed E-state index contributed by atoms with van der Waals surface area (Å²) >= 11 is 0. The number of nitrogens with one attached hydrogen (secondary N) is 2. The molecule has 146 valence electrons. The molecule has 0 aliphatic heterocycles. The van der Waals surface area contributed by atoms with Gasteiger partial charge in [-0.05, 0) is 31.2 Å². The number of ether oxygens (including phenoxy) is 2. The molecule has 0 aliphatic carbocycles. The molecule has 0 unspecified atom stereocenters. The molecule has 0 saturated carbocycles. The third kappa shape index (κ3) is 5.94. The van der Waals surface area contributed by atoms with Crippen molar-refractivity contribution < 1.29 is 28.7 Å². The standard InChI is InChI=1S/C20H20N2O6/c1-13-7-9-14(10-8-13)19(25)21-11-18(24)28-12-17(23)22-20(26)15-5-3-4-6-16(15)27-2/h3-10H,11-12H2,1-2H3,(H,21,25)(H,22,23,26). The van der Waals surface area contributed by atoms with E-state index in [2.05, 4.69) is 10.6 Å². The van der Waals surface area contributed by atoms with Crippen LogP contribution in [0, 0.1) is 6.92 Å². The summed E-state index contributed by atoms with van der Waals surface area (Å²) in [6.45, 7) is 0.837. The summed E-state index contributed by atoms with van der Waals surface area (Å²) in [6.07, 6.45) is 0. The van der Waals surface area contributed by atoms with Crippen molar-refractivity contribution in [3.8, 4) is 5.75 Å². The van der Waals surface area contributed by atoms with Gasteiger partial charge in [0.15, 0.2) is 6.61 Å². The van der Waals surface area contributed by atoms with Crippen LogP contribution in [0.3, 0.4) is 0 Å². The lowest BCUT2D eigenvalue weighted by molar-refractivity contribution is -0.147. The number of aryl methyl sites for hydroxylation is 1. The van der Waals surface area contributed by atoms with E-state index in [-0.39, 0.29) is 5.56 Å². The van der Waals surface area contributed by atoms with Gasteiger partial charge >= 0.3 is 5.97 Å². The zero-order valence-electron chi connectivity index (χ0n) is 15.5. The van der Waals surface area contributed by atoms with E-state index in [4.69, 9.17) is 9.47 Å². The summed E-state index contributed by atoms with van der Waals surface area (Å²) in [4.78, 5) is 47.4. The SMILES string of the molecule is COc1ccccc1C(=O)NC(=O)COC(=O)CNC(=O)c1ccc(C)cc1. The molecule has 3 amide bonds. The van der Waals surface area contributed by atoms with Crippen LogP contribution in [0.15, 0.2) is 48.5 Å². The van der Waals surface area contributed by atoms with Gasteiger partial charge < -0.3 is 14.8 Å². The predicted octanol–water partition coefficient (Wildman–Crippen LogP) is 1.23. The van der Waals surface area contributed by atoms with Gasteiger partial charge in [0.2, 0.25) is 0 Å². The molecule has 0 aromatic heterocycles. The first-order chi connectivity index (χ1) is 13.4. The van der Waals surface area contributed by atoms with Gasteiger partial charge in [0, 0.05) is 5.56 Å². The van der Waals surface area contributed by atoms with E-state index >= 15 is 0 Å². The smallest absolute Gasteiger partial charge is 0.325 e. The zero-order valence-corrected chi connectivity index (χ0v) is 15.5. The third-order valence-electron chi connectivity index (χ3n) is 3.68. The van der Waals surface area contributed by atoms with Crippen LogP contribution < -0.4 is 15.4 Å². The van der Waals surface area contributed by atoms with Crippen LogP contribution in [0.4, 0.5) is 0 Å². The molecule has 2 aromatic rings. The fraction of sp³-hybridized carbons (Fsp3) is 0.200. The van der Waals surface area contributed by atoms with Crippen molar-refractivity contribution in [1.29, 1.82) is 0 Å². The molecular formula is C20H20N2O6. The molecule has 0 bridgehead atoms. The number of carbonyl (C=O) groups is 4. The molecule has 2 aromatic carbocycles. The number of methoxy groups -OCH3 is 1. The van der Waals surface area contributed by atoms with Crippen LogP contribution >= 0.6 is 0 Å². The Bertz CT molecular complexity index is 877. The van der Waals surface area contributed by atoms with E-state index in [0.717, 1.165) is 5.56 Å². The van der Waals surface area contributed by atoms with Crippen molar-refractivity contribution >= 4 is 23.7 Å². The highest BCUT2D eigenvalue weighted by molar-refractivity contribution is 6.06. The highest BCUT2D eigenvalue weighted by Crippen LogP contribution is 2.16. The maximum absolute atomic E-state index is 12.1. The van der Waals surface area contributed by atoms with Crippen LogP contribution in [0.25, 0.3) is 0 Å². The minimum Gasteiger partial charge on any atom is -0.496 e. The average Bonchev–Trinajstić information content (AvgIpc) is 2.70. The molecule has 0 heterocycles. The fourth-order valence-corrected chi connectivity index (χ4v) is 2.22. The lowest BCUT2D eigenvalue weighted by atomic mass is 10.1. The molecule has 0 aliphatic rings. The van der Waals surface area contributed by atoms with Crippen molar-refractivity contribution in [3.05, 3.63) is 65.2 Å². The molecule has 0 fully saturated rings. The molecule has 0 radical (unpaired) electrons. The number of carbonyl (C=O) groups excluding carboxylic acids is 4. The van der Waals surface area contributed by atoms with Gasteiger partial charge in [0.1, 0.15) is 12.3 Å². The van der Waals surface area contributed by atoms with Gasteiger partial charge in [-0.2, -0.15) is 0 Å². The Morgan fingerprint density at radius 2 is 1.61 bits per heavy atom.